The molecule has 1 heterocycles. The SMILES string of the molecule is CCCC1CCC(c2ccc(-c3ccc(OC(=O)c4ccc(C5CO5)c(F)c4)cc3)c(F)c2F)CC1. The lowest BCUT2D eigenvalue weighted by atomic mass is 9.77. The van der Waals surface area contributed by atoms with E-state index in [1.54, 1.807) is 24.3 Å². The van der Waals surface area contributed by atoms with Gasteiger partial charge in [-0.3, -0.25) is 0 Å². The molecule has 2 aliphatic rings. The van der Waals surface area contributed by atoms with Gasteiger partial charge in [0, 0.05) is 11.1 Å². The minimum absolute atomic E-state index is 0.0548. The fraction of sp³-hybridized carbons (Fsp3) is 0.367. The van der Waals surface area contributed by atoms with Gasteiger partial charge in [0.25, 0.3) is 0 Å². The van der Waals surface area contributed by atoms with Crippen molar-refractivity contribution < 1.29 is 27.4 Å². The summed E-state index contributed by atoms with van der Waals surface area (Å²) in [7, 11) is 0. The van der Waals surface area contributed by atoms with Gasteiger partial charge in [0.1, 0.15) is 17.7 Å². The average molecular weight is 495 g/mol. The standard InChI is InChI=1S/C30H29F3O3/c1-2-3-18-4-6-19(7-5-18)23-14-15-24(29(33)28(23)32)20-8-11-22(12-9-20)36-30(34)21-10-13-25(26(31)16-21)27-17-35-27/h8-16,18-19,27H,2-7,17H2,1H3. The highest BCUT2D eigenvalue weighted by Gasteiger charge is 2.29. The van der Waals surface area contributed by atoms with Gasteiger partial charge < -0.3 is 9.47 Å². The van der Waals surface area contributed by atoms with E-state index in [2.05, 4.69) is 6.92 Å². The van der Waals surface area contributed by atoms with E-state index in [4.69, 9.17) is 9.47 Å². The maximum Gasteiger partial charge on any atom is 0.343 e. The lowest BCUT2D eigenvalue weighted by molar-refractivity contribution is 0.0734. The van der Waals surface area contributed by atoms with E-state index < -0.39 is 23.4 Å². The van der Waals surface area contributed by atoms with E-state index in [1.807, 2.05) is 0 Å². The van der Waals surface area contributed by atoms with Crippen molar-refractivity contribution in [1.82, 2.24) is 0 Å². The van der Waals surface area contributed by atoms with Gasteiger partial charge in [-0.1, -0.05) is 50.1 Å². The number of halogens is 3. The fourth-order valence-electron chi connectivity index (χ4n) is 5.28. The summed E-state index contributed by atoms with van der Waals surface area (Å²) < 4.78 is 54.7. The number of epoxide rings is 1. The summed E-state index contributed by atoms with van der Waals surface area (Å²) in [6, 6.07) is 13.6. The molecule has 188 valence electrons. The van der Waals surface area contributed by atoms with Gasteiger partial charge in [-0.05, 0) is 72.9 Å². The number of hydrogen-bond donors (Lipinski definition) is 0. The van der Waals surface area contributed by atoms with Crippen LogP contribution < -0.4 is 4.74 Å². The number of carbonyl (C=O) groups excluding carboxylic acids is 1. The first kappa shape index (κ1) is 24.6. The molecule has 3 aromatic rings. The predicted molar refractivity (Wildman–Crippen MR) is 131 cm³/mol. The van der Waals surface area contributed by atoms with E-state index >= 15 is 8.78 Å². The summed E-state index contributed by atoms with van der Waals surface area (Å²) >= 11 is 0. The van der Waals surface area contributed by atoms with Crippen LogP contribution in [0.5, 0.6) is 5.75 Å². The van der Waals surface area contributed by atoms with Gasteiger partial charge in [-0.2, -0.15) is 0 Å². The molecule has 0 radical (unpaired) electrons. The van der Waals surface area contributed by atoms with Gasteiger partial charge >= 0.3 is 5.97 Å². The molecule has 6 heteroatoms. The van der Waals surface area contributed by atoms with Crippen molar-refractivity contribution in [3.8, 4) is 16.9 Å². The number of carbonyl (C=O) groups is 1. The molecule has 1 aliphatic carbocycles. The summed E-state index contributed by atoms with van der Waals surface area (Å²) in [6.07, 6.45) is 6.02. The molecule has 3 nitrogen and oxygen atoms in total. The van der Waals surface area contributed by atoms with Crippen molar-refractivity contribution >= 4 is 5.97 Å². The van der Waals surface area contributed by atoms with Gasteiger partial charge in [0.2, 0.25) is 0 Å². The molecule has 36 heavy (non-hydrogen) atoms. The van der Waals surface area contributed by atoms with E-state index in [0.29, 0.717) is 29.2 Å². The molecule has 2 fully saturated rings. The Balaban J connectivity index is 1.26. The smallest absolute Gasteiger partial charge is 0.343 e. The summed E-state index contributed by atoms with van der Waals surface area (Å²) in [4.78, 5) is 12.4. The highest BCUT2D eigenvalue weighted by molar-refractivity contribution is 5.91. The van der Waals surface area contributed by atoms with Crippen LogP contribution in [0.2, 0.25) is 0 Å². The molecule has 1 saturated heterocycles. The number of esters is 1. The first-order valence-electron chi connectivity index (χ1n) is 12.7. The first-order chi connectivity index (χ1) is 17.4. The fourth-order valence-corrected chi connectivity index (χ4v) is 5.28. The molecular formula is C30H29F3O3. The largest absolute Gasteiger partial charge is 0.423 e. The number of benzene rings is 3. The molecule has 1 saturated carbocycles. The third-order valence-electron chi connectivity index (χ3n) is 7.39. The van der Waals surface area contributed by atoms with Crippen molar-refractivity contribution in [2.24, 2.45) is 5.92 Å². The molecule has 1 atom stereocenters. The van der Waals surface area contributed by atoms with Crippen LogP contribution in [-0.4, -0.2) is 12.6 Å². The number of ether oxygens (including phenoxy) is 2. The Morgan fingerprint density at radius 1 is 0.917 bits per heavy atom. The van der Waals surface area contributed by atoms with Crippen molar-refractivity contribution in [3.05, 3.63) is 88.7 Å². The molecule has 0 N–H and O–H groups in total. The zero-order valence-electron chi connectivity index (χ0n) is 20.2. The summed E-state index contributed by atoms with van der Waals surface area (Å²) in [5.74, 6) is -1.88. The van der Waals surface area contributed by atoms with E-state index in [-0.39, 0.29) is 28.9 Å². The number of hydrogen-bond acceptors (Lipinski definition) is 3. The Labute approximate surface area is 209 Å². The van der Waals surface area contributed by atoms with Crippen LogP contribution in [0.1, 0.15) is 79.0 Å². The molecule has 0 spiro atoms. The second kappa shape index (κ2) is 10.5. The monoisotopic (exact) mass is 494 g/mol. The zero-order valence-corrected chi connectivity index (χ0v) is 20.2. The summed E-state index contributed by atoms with van der Waals surface area (Å²) in [5.41, 5.74) is 1.59. The molecule has 1 unspecified atom stereocenters. The van der Waals surface area contributed by atoms with Gasteiger partial charge in [-0.25, -0.2) is 18.0 Å². The average Bonchev–Trinajstić information content (AvgIpc) is 3.72. The Morgan fingerprint density at radius 3 is 2.25 bits per heavy atom. The third-order valence-corrected chi connectivity index (χ3v) is 7.39. The molecule has 5 rings (SSSR count). The van der Waals surface area contributed by atoms with Crippen molar-refractivity contribution in [1.29, 1.82) is 0 Å². The lowest BCUT2D eigenvalue weighted by Gasteiger charge is -2.29. The van der Waals surface area contributed by atoms with Gasteiger partial charge in [-0.15, -0.1) is 0 Å². The molecular weight excluding hydrogens is 465 g/mol. The Kier molecular flexibility index (Phi) is 7.15. The van der Waals surface area contributed by atoms with Crippen molar-refractivity contribution in [2.45, 2.75) is 57.5 Å². The second-order valence-electron chi connectivity index (χ2n) is 9.81. The van der Waals surface area contributed by atoms with Crippen LogP contribution in [0.3, 0.4) is 0 Å². The number of rotatable bonds is 7. The van der Waals surface area contributed by atoms with E-state index in [0.717, 1.165) is 38.2 Å². The minimum Gasteiger partial charge on any atom is -0.423 e. The second-order valence-corrected chi connectivity index (χ2v) is 9.81. The third kappa shape index (κ3) is 5.19. The molecule has 0 aromatic heterocycles. The summed E-state index contributed by atoms with van der Waals surface area (Å²) in [6.45, 7) is 2.65. The highest BCUT2D eigenvalue weighted by Crippen LogP contribution is 2.40. The normalized spacial score (nSPS) is 21.3. The molecule has 3 aromatic carbocycles. The summed E-state index contributed by atoms with van der Waals surface area (Å²) in [5, 5.41) is 0. The predicted octanol–water partition coefficient (Wildman–Crippen LogP) is 8.14. The topological polar surface area (TPSA) is 38.8 Å². The van der Waals surface area contributed by atoms with Crippen LogP contribution in [0.25, 0.3) is 11.1 Å². The van der Waals surface area contributed by atoms with E-state index in [1.165, 1.54) is 30.7 Å². The van der Waals surface area contributed by atoms with Crippen molar-refractivity contribution in [2.75, 3.05) is 6.61 Å². The Bertz CT molecular complexity index is 1240. The highest BCUT2D eigenvalue weighted by atomic mass is 19.2. The molecule has 1 aliphatic heterocycles. The van der Waals surface area contributed by atoms with Crippen LogP contribution in [-0.2, 0) is 4.74 Å². The van der Waals surface area contributed by atoms with Gasteiger partial charge in [0.15, 0.2) is 11.6 Å². The lowest BCUT2D eigenvalue weighted by Crippen LogP contribution is -2.15. The maximum atomic E-state index is 15.1. The zero-order chi connectivity index (χ0) is 25.2. The molecule has 0 amide bonds. The first-order valence-corrected chi connectivity index (χ1v) is 12.7. The quantitative estimate of drug-likeness (QED) is 0.189. The van der Waals surface area contributed by atoms with Crippen LogP contribution >= 0.6 is 0 Å². The van der Waals surface area contributed by atoms with Gasteiger partial charge in [0.05, 0.1) is 12.2 Å². The van der Waals surface area contributed by atoms with Crippen LogP contribution in [0, 0.1) is 23.4 Å². The maximum absolute atomic E-state index is 15.1. The molecule has 0 bridgehead atoms. The Morgan fingerprint density at radius 2 is 1.61 bits per heavy atom. The van der Waals surface area contributed by atoms with Crippen LogP contribution in [0.15, 0.2) is 54.6 Å². The Hall–Kier alpha value is -3.12. The minimum atomic E-state index is -0.858. The van der Waals surface area contributed by atoms with E-state index in [9.17, 15) is 9.18 Å². The van der Waals surface area contributed by atoms with Crippen LogP contribution in [0.4, 0.5) is 13.2 Å². The van der Waals surface area contributed by atoms with Crippen molar-refractivity contribution in [3.63, 3.8) is 0 Å².